The molecule has 0 fully saturated rings. The van der Waals surface area contributed by atoms with Crippen LogP contribution in [0, 0.1) is 3.57 Å². The fourth-order valence-electron chi connectivity index (χ4n) is 1.13. The molecule has 0 bridgehead atoms. The maximum absolute atomic E-state index is 5.66. The predicted molar refractivity (Wildman–Crippen MR) is 88.0 cm³/mol. The highest BCUT2D eigenvalue weighted by atomic mass is 127. The summed E-state index contributed by atoms with van der Waals surface area (Å²) in [6, 6.07) is 6.06. The van der Waals surface area contributed by atoms with Gasteiger partial charge in [-0.15, -0.1) is 0 Å². The van der Waals surface area contributed by atoms with Crippen molar-refractivity contribution in [3.05, 3.63) is 44.3 Å². The van der Waals surface area contributed by atoms with Gasteiger partial charge < -0.3 is 4.43 Å². The minimum Gasteiger partial charge on any atom is -0.532 e. The van der Waals surface area contributed by atoms with Crippen molar-refractivity contribution in [3.63, 3.8) is 0 Å². The Hall–Kier alpha value is -0.143. The first-order chi connectivity index (χ1) is 7.78. The van der Waals surface area contributed by atoms with Gasteiger partial charge in [0.05, 0.1) is 0 Å². The highest BCUT2D eigenvalue weighted by molar-refractivity contribution is 14.1. The highest BCUT2D eigenvalue weighted by Gasteiger charge is 2.16. The lowest BCUT2D eigenvalue weighted by molar-refractivity contribution is 0.421. The summed E-state index contributed by atoms with van der Waals surface area (Å²) in [5.74, 6) is 0.486. The second-order valence-corrected chi connectivity index (χ2v) is 11.0. The van der Waals surface area contributed by atoms with Crippen molar-refractivity contribution in [2.24, 2.45) is 4.99 Å². The monoisotopic (exact) mass is 423 g/mol. The number of hydrogen-bond acceptors (Lipinski definition) is 2. The molecule has 0 spiro atoms. The van der Waals surface area contributed by atoms with Crippen LogP contribution in [0.25, 0.3) is 0 Å². The van der Waals surface area contributed by atoms with Crippen molar-refractivity contribution >= 4 is 53.1 Å². The number of aliphatic imine (C=N–C) groups is 1. The summed E-state index contributed by atoms with van der Waals surface area (Å²) in [5.41, 5.74) is 1.06. The van der Waals surface area contributed by atoms with Gasteiger partial charge in [-0.25, -0.2) is 4.99 Å². The van der Waals surface area contributed by atoms with Gasteiger partial charge in [0, 0.05) is 19.8 Å². The van der Waals surface area contributed by atoms with Crippen LogP contribution in [0.1, 0.15) is 5.56 Å². The standard InChI is InChI=1S/C12H15BrINOSi/c1-9(16-17(2,3)4)15-8-10-7-11(13)5-6-12(10)14/h5-8H,1H2,2-4H3/b15-8+. The van der Waals surface area contributed by atoms with E-state index >= 15 is 0 Å². The summed E-state index contributed by atoms with van der Waals surface area (Å²) in [4.78, 5) is 4.25. The zero-order valence-electron chi connectivity index (χ0n) is 10.1. The lowest BCUT2D eigenvalue weighted by atomic mass is 10.2. The molecule has 92 valence electrons. The van der Waals surface area contributed by atoms with Crippen molar-refractivity contribution in [2.45, 2.75) is 19.6 Å². The van der Waals surface area contributed by atoms with Crippen LogP contribution in [-0.4, -0.2) is 14.5 Å². The van der Waals surface area contributed by atoms with Crippen molar-refractivity contribution in [3.8, 4) is 0 Å². The van der Waals surface area contributed by atoms with E-state index in [2.05, 4.69) is 69.7 Å². The van der Waals surface area contributed by atoms with Crippen LogP contribution >= 0.6 is 38.5 Å². The normalized spacial score (nSPS) is 11.8. The molecule has 0 heterocycles. The second kappa shape index (κ2) is 6.15. The molecule has 0 saturated heterocycles. The minimum absolute atomic E-state index is 0.486. The van der Waals surface area contributed by atoms with Crippen LogP contribution < -0.4 is 0 Å². The zero-order chi connectivity index (χ0) is 13.1. The third kappa shape index (κ3) is 5.83. The lowest BCUT2D eigenvalue weighted by Gasteiger charge is -2.17. The van der Waals surface area contributed by atoms with Crippen molar-refractivity contribution < 1.29 is 4.43 Å². The average molecular weight is 424 g/mol. The van der Waals surface area contributed by atoms with E-state index in [0.717, 1.165) is 13.6 Å². The van der Waals surface area contributed by atoms with Gasteiger partial charge in [0.15, 0.2) is 5.88 Å². The molecule has 1 rings (SSSR count). The summed E-state index contributed by atoms with van der Waals surface area (Å²) in [6.45, 7) is 10.1. The molecule has 5 heteroatoms. The lowest BCUT2D eigenvalue weighted by Crippen LogP contribution is -2.24. The van der Waals surface area contributed by atoms with Gasteiger partial charge in [-0.05, 0) is 67.0 Å². The molecule has 0 atom stereocenters. The molecule has 0 radical (unpaired) electrons. The molecule has 0 amide bonds. The van der Waals surface area contributed by atoms with Crippen molar-refractivity contribution in [1.82, 2.24) is 0 Å². The average Bonchev–Trinajstić information content (AvgIpc) is 2.17. The van der Waals surface area contributed by atoms with Gasteiger partial charge in [-0.2, -0.15) is 0 Å². The molecule has 0 aliphatic rings. The van der Waals surface area contributed by atoms with E-state index in [-0.39, 0.29) is 0 Å². The Bertz CT molecular complexity index is 454. The Morgan fingerprint density at radius 1 is 1.47 bits per heavy atom. The number of hydrogen-bond donors (Lipinski definition) is 0. The van der Waals surface area contributed by atoms with E-state index in [9.17, 15) is 0 Å². The third-order valence-corrected chi connectivity index (χ3v) is 4.05. The summed E-state index contributed by atoms with van der Waals surface area (Å²) in [5, 5.41) is 0. The molecule has 0 unspecified atom stereocenters. The van der Waals surface area contributed by atoms with E-state index < -0.39 is 8.32 Å². The molecule has 17 heavy (non-hydrogen) atoms. The van der Waals surface area contributed by atoms with Gasteiger partial charge in [0.25, 0.3) is 0 Å². The maximum Gasteiger partial charge on any atom is 0.244 e. The Morgan fingerprint density at radius 2 is 2.12 bits per heavy atom. The van der Waals surface area contributed by atoms with E-state index in [4.69, 9.17) is 4.43 Å². The topological polar surface area (TPSA) is 21.6 Å². The van der Waals surface area contributed by atoms with E-state index in [1.165, 1.54) is 0 Å². The van der Waals surface area contributed by atoms with Crippen molar-refractivity contribution in [2.75, 3.05) is 0 Å². The molecule has 0 saturated carbocycles. The fourth-order valence-corrected chi connectivity index (χ4v) is 2.75. The van der Waals surface area contributed by atoms with Crippen LogP contribution in [0.15, 0.2) is 40.1 Å². The van der Waals surface area contributed by atoms with Crippen LogP contribution in [-0.2, 0) is 4.43 Å². The zero-order valence-corrected chi connectivity index (χ0v) is 14.9. The fraction of sp³-hybridized carbons (Fsp3) is 0.250. The SMILES string of the molecule is C=C(/N=C/c1cc(Br)ccc1I)O[Si](C)(C)C. The van der Waals surface area contributed by atoms with Crippen LogP contribution in [0.5, 0.6) is 0 Å². The summed E-state index contributed by atoms with van der Waals surface area (Å²) in [6.07, 6.45) is 1.79. The Kier molecular flexibility index (Phi) is 5.40. The van der Waals surface area contributed by atoms with E-state index in [0.29, 0.717) is 5.88 Å². The van der Waals surface area contributed by atoms with Gasteiger partial charge in [-0.1, -0.05) is 15.9 Å². The first kappa shape index (κ1) is 14.9. The highest BCUT2D eigenvalue weighted by Crippen LogP contribution is 2.17. The Balaban J connectivity index is 2.77. The number of benzene rings is 1. The molecular weight excluding hydrogens is 409 g/mol. The van der Waals surface area contributed by atoms with Gasteiger partial charge >= 0.3 is 0 Å². The first-order valence-electron chi connectivity index (χ1n) is 5.15. The quantitative estimate of drug-likeness (QED) is 0.295. The molecule has 2 nitrogen and oxygen atoms in total. The van der Waals surface area contributed by atoms with Crippen molar-refractivity contribution in [1.29, 1.82) is 0 Å². The molecular formula is C12H15BrINOSi. The summed E-state index contributed by atoms with van der Waals surface area (Å²) >= 11 is 5.72. The van der Waals surface area contributed by atoms with E-state index in [1.54, 1.807) is 6.21 Å². The van der Waals surface area contributed by atoms with Gasteiger partial charge in [-0.3, -0.25) is 0 Å². The minimum atomic E-state index is -1.61. The van der Waals surface area contributed by atoms with Gasteiger partial charge in [0.2, 0.25) is 8.32 Å². The molecule has 0 aliphatic heterocycles. The number of nitrogens with zero attached hydrogens (tertiary/aromatic N) is 1. The molecule has 1 aromatic carbocycles. The number of rotatable bonds is 4. The van der Waals surface area contributed by atoms with E-state index in [1.807, 2.05) is 18.2 Å². The number of halogens is 2. The van der Waals surface area contributed by atoms with Crippen LogP contribution in [0.2, 0.25) is 19.6 Å². The van der Waals surface area contributed by atoms with Crippen LogP contribution in [0.3, 0.4) is 0 Å². The molecule has 1 aromatic rings. The summed E-state index contributed by atoms with van der Waals surface area (Å²) < 4.78 is 7.85. The second-order valence-electron chi connectivity index (χ2n) is 4.53. The maximum atomic E-state index is 5.66. The van der Waals surface area contributed by atoms with Gasteiger partial charge in [0.1, 0.15) is 0 Å². The third-order valence-electron chi connectivity index (χ3n) is 1.73. The first-order valence-corrected chi connectivity index (χ1v) is 10.4. The Labute approximate surface area is 126 Å². The smallest absolute Gasteiger partial charge is 0.244 e. The molecule has 0 N–H and O–H groups in total. The summed E-state index contributed by atoms with van der Waals surface area (Å²) in [7, 11) is -1.61. The largest absolute Gasteiger partial charge is 0.532 e. The predicted octanol–water partition coefficient (Wildman–Crippen LogP) is 4.80. The van der Waals surface area contributed by atoms with Crippen LogP contribution in [0.4, 0.5) is 0 Å². The Morgan fingerprint density at radius 3 is 2.71 bits per heavy atom. The molecule has 0 aliphatic carbocycles. The molecule has 0 aromatic heterocycles.